The fourth-order valence-corrected chi connectivity index (χ4v) is 5.90. The first-order chi connectivity index (χ1) is 19.5. The van der Waals surface area contributed by atoms with Crippen LogP contribution in [-0.2, 0) is 13.9 Å². The van der Waals surface area contributed by atoms with Crippen LogP contribution in [0.15, 0.2) is 30.3 Å². The van der Waals surface area contributed by atoms with Crippen molar-refractivity contribution in [2.45, 2.75) is 96.7 Å². The van der Waals surface area contributed by atoms with Crippen molar-refractivity contribution in [3.63, 3.8) is 0 Å². The van der Waals surface area contributed by atoms with Crippen molar-refractivity contribution in [3.05, 3.63) is 35.6 Å². The molecule has 42 heavy (non-hydrogen) atoms. The summed E-state index contributed by atoms with van der Waals surface area (Å²) < 4.78 is 23.9. The lowest BCUT2D eigenvalue weighted by Crippen LogP contribution is -2.46. The highest BCUT2D eigenvalue weighted by Crippen LogP contribution is 2.38. The predicted octanol–water partition coefficient (Wildman–Crippen LogP) is 7.10. The Morgan fingerprint density at radius 2 is 1.83 bits per heavy atom. The number of rotatable bonds is 11. The van der Waals surface area contributed by atoms with Crippen molar-refractivity contribution in [1.29, 1.82) is 0 Å². The number of nitrogens with one attached hydrogen (secondary N) is 1. The molecule has 1 N–H and O–H groups in total. The molecule has 1 saturated heterocycles. The molecule has 1 atom stereocenters. The van der Waals surface area contributed by atoms with E-state index in [4.69, 9.17) is 30.2 Å². The molecule has 0 saturated carbocycles. The van der Waals surface area contributed by atoms with Gasteiger partial charge >= 0.3 is 6.09 Å². The van der Waals surface area contributed by atoms with Crippen molar-refractivity contribution < 1.29 is 23.4 Å². The normalized spacial score (nSPS) is 15.7. The van der Waals surface area contributed by atoms with Crippen LogP contribution < -0.4 is 15.0 Å². The van der Waals surface area contributed by atoms with Crippen molar-refractivity contribution in [3.8, 4) is 17.0 Å². The Bertz CT molecular complexity index is 1180. The number of amides is 1. The maximum Gasteiger partial charge on any atom is 0.407 e. The van der Waals surface area contributed by atoms with Gasteiger partial charge in [-0.1, -0.05) is 32.9 Å². The zero-order chi connectivity index (χ0) is 31.1. The molecule has 3 rings (SSSR count). The minimum absolute atomic E-state index is 0.0333. The number of alkyl carbamates (subject to hydrolysis) is 1. The van der Waals surface area contributed by atoms with Gasteiger partial charge in [0, 0.05) is 44.5 Å². The van der Waals surface area contributed by atoms with E-state index in [0.717, 1.165) is 43.1 Å². The van der Waals surface area contributed by atoms with Crippen LogP contribution in [-0.4, -0.2) is 75.5 Å². The highest BCUT2D eigenvalue weighted by atomic mass is 35.5. The predicted molar refractivity (Wildman–Crippen MR) is 171 cm³/mol. The molecule has 1 fully saturated rings. The average Bonchev–Trinajstić information content (AvgIpc) is 2.89. The van der Waals surface area contributed by atoms with E-state index in [9.17, 15) is 4.79 Å². The van der Waals surface area contributed by atoms with E-state index in [1.807, 2.05) is 58.2 Å². The topological polar surface area (TPSA) is 95.0 Å². The third kappa shape index (κ3) is 10.4. The number of anilines is 1. The molecule has 234 valence electrons. The SMILES string of the molecule is CN(c1cc(-c2cccc(OCC(CCNC(=O)OC(C)(C)C)O[Si](C)(C)C(C)(C)C)c2)nc(Cl)n1)C1CCOCC1. The van der Waals surface area contributed by atoms with Crippen LogP contribution in [0.2, 0.25) is 23.4 Å². The van der Waals surface area contributed by atoms with Gasteiger partial charge in [-0.05, 0) is 81.9 Å². The first-order valence-corrected chi connectivity index (χ1v) is 18.1. The van der Waals surface area contributed by atoms with Crippen LogP contribution in [0, 0.1) is 0 Å². The number of halogens is 1. The van der Waals surface area contributed by atoms with Gasteiger partial charge in [-0.2, -0.15) is 0 Å². The lowest BCUT2D eigenvalue weighted by Gasteiger charge is -2.39. The Hall–Kier alpha value is -2.40. The smallest absolute Gasteiger partial charge is 0.407 e. The molecule has 1 amide bonds. The molecular weight excluding hydrogens is 572 g/mol. The van der Waals surface area contributed by atoms with Gasteiger partial charge in [0.25, 0.3) is 0 Å². The van der Waals surface area contributed by atoms with E-state index < -0.39 is 20.0 Å². The van der Waals surface area contributed by atoms with Gasteiger partial charge < -0.3 is 28.9 Å². The first kappa shape index (κ1) is 34.1. The Kier molecular flexibility index (Phi) is 11.7. The Morgan fingerprint density at radius 3 is 2.48 bits per heavy atom. The standard InChI is InChI=1S/C31H49ClN4O5Si/c1-30(2,3)40-29(37)33-16-13-25(41-42(8,9)31(4,5)6)21-39-24-12-10-11-22(19-24)26-20-27(35-28(32)34-26)36(7)23-14-17-38-18-15-23/h10-12,19-20,23,25H,13-18,21H2,1-9H3,(H,33,37). The quantitative estimate of drug-likeness (QED) is 0.210. The van der Waals surface area contributed by atoms with Crippen molar-refractivity contribution in [2.24, 2.45) is 0 Å². The molecule has 11 heteroatoms. The van der Waals surface area contributed by atoms with E-state index in [0.29, 0.717) is 31.4 Å². The molecular formula is C31H49ClN4O5Si. The van der Waals surface area contributed by atoms with Gasteiger partial charge in [-0.25, -0.2) is 14.8 Å². The van der Waals surface area contributed by atoms with E-state index in [2.05, 4.69) is 54.0 Å². The summed E-state index contributed by atoms with van der Waals surface area (Å²) in [6.07, 6.45) is 1.84. The lowest BCUT2D eigenvalue weighted by molar-refractivity contribution is 0.0511. The first-order valence-electron chi connectivity index (χ1n) is 14.8. The van der Waals surface area contributed by atoms with Crippen LogP contribution in [0.4, 0.5) is 10.6 Å². The molecule has 1 aromatic carbocycles. The second-order valence-electron chi connectivity index (χ2n) is 13.4. The third-order valence-electron chi connectivity index (χ3n) is 7.75. The molecule has 0 bridgehead atoms. The highest BCUT2D eigenvalue weighted by molar-refractivity contribution is 6.74. The van der Waals surface area contributed by atoms with E-state index >= 15 is 0 Å². The number of aromatic nitrogens is 2. The number of ether oxygens (including phenoxy) is 3. The number of benzene rings is 1. The largest absolute Gasteiger partial charge is 0.491 e. The van der Waals surface area contributed by atoms with Crippen molar-refractivity contribution in [1.82, 2.24) is 15.3 Å². The van der Waals surface area contributed by atoms with Gasteiger partial charge in [0.1, 0.15) is 23.8 Å². The maximum absolute atomic E-state index is 12.2. The van der Waals surface area contributed by atoms with Crippen LogP contribution in [0.3, 0.4) is 0 Å². The monoisotopic (exact) mass is 620 g/mol. The zero-order valence-electron chi connectivity index (χ0n) is 26.8. The van der Waals surface area contributed by atoms with Gasteiger partial charge in [-0.3, -0.25) is 0 Å². The lowest BCUT2D eigenvalue weighted by atomic mass is 10.1. The van der Waals surface area contributed by atoms with E-state index in [-0.39, 0.29) is 16.4 Å². The summed E-state index contributed by atoms with van der Waals surface area (Å²) in [6.45, 7) is 18.9. The Balaban J connectivity index is 1.72. The molecule has 0 aliphatic carbocycles. The second kappa shape index (κ2) is 14.4. The molecule has 1 unspecified atom stereocenters. The summed E-state index contributed by atoms with van der Waals surface area (Å²) >= 11 is 6.37. The molecule has 1 aliphatic heterocycles. The van der Waals surface area contributed by atoms with E-state index in [1.54, 1.807) is 0 Å². The average molecular weight is 621 g/mol. The minimum atomic E-state index is -2.09. The fourth-order valence-electron chi connectivity index (χ4n) is 4.35. The molecule has 0 radical (unpaired) electrons. The van der Waals surface area contributed by atoms with E-state index in [1.165, 1.54) is 0 Å². The molecule has 1 aromatic heterocycles. The molecule has 0 spiro atoms. The van der Waals surface area contributed by atoms with Gasteiger partial charge in [0.2, 0.25) is 5.28 Å². The summed E-state index contributed by atoms with van der Waals surface area (Å²) in [5.41, 5.74) is 1.06. The maximum atomic E-state index is 12.2. The number of hydrogen-bond donors (Lipinski definition) is 1. The summed E-state index contributed by atoms with van der Waals surface area (Å²) in [5, 5.41) is 3.08. The van der Waals surface area contributed by atoms with Crippen LogP contribution in [0.25, 0.3) is 11.3 Å². The van der Waals surface area contributed by atoms with Crippen molar-refractivity contribution >= 4 is 31.8 Å². The summed E-state index contributed by atoms with van der Waals surface area (Å²) in [6, 6.07) is 10.1. The van der Waals surface area contributed by atoms with Crippen LogP contribution >= 0.6 is 11.6 Å². The zero-order valence-corrected chi connectivity index (χ0v) is 28.5. The number of carbonyl (C=O) groups is 1. The number of hydrogen-bond acceptors (Lipinski definition) is 8. The van der Waals surface area contributed by atoms with Crippen molar-refractivity contribution in [2.75, 3.05) is 38.3 Å². The Labute approximate surface area is 257 Å². The second-order valence-corrected chi connectivity index (χ2v) is 18.5. The molecule has 9 nitrogen and oxygen atoms in total. The minimum Gasteiger partial charge on any atom is -0.491 e. The molecule has 1 aliphatic rings. The number of carbonyl (C=O) groups excluding carboxylic acids is 1. The summed E-state index contributed by atoms with van der Waals surface area (Å²) in [5.74, 6) is 1.48. The highest BCUT2D eigenvalue weighted by Gasteiger charge is 2.39. The fraction of sp³-hybridized carbons (Fsp3) is 0.645. The number of nitrogens with zero attached hydrogens (tertiary/aromatic N) is 3. The summed E-state index contributed by atoms with van der Waals surface area (Å²) in [4.78, 5) is 23.3. The van der Waals surface area contributed by atoms with Gasteiger partial charge in [-0.15, -0.1) is 0 Å². The summed E-state index contributed by atoms with van der Waals surface area (Å²) in [7, 11) is -0.0513. The van der Waals surface area contributed by atoms with Gasteiger partial charge in [0.15, 0.2) is 8.32 Å². The molecule has 2 heterocycles. The van der Waals surface area contributed by atoms with Crippen LogP contribution in [0.5, 0.6) is 5.75 Å². The van der Waals surface area contributed by atoms with Crippen LogP contribution in [0.1, 0.15) is 60.8 Å². The molecule has 2 aromatic rings. The Morgan fingerprint density at radius 1 is 1.14 bits per heavy atom. The third-order valence-corrected chi connectivity index (χ3v) is 12.5. The van der Waals surface area contributed by atoms with Gasteiger partial charge in [0.05, 0.1) is 11.8 Å².